The summed E-state index contributed by atoms with van der Waals surface area (Å²) in [5, 5.41) is 12.5. The quantitative estimate of drug-likeness (QED) is 0.718. The molecule has 0 spiro atoms. The Labute approximate surface area is 106 Å². The Balaban J connectivity index is 1.76. The van der Waals surface area contributed by atoms with E-state index in [-0.39, 0.29) is 6.61 Å². The lowest BCUT2D eigenvalue weighted by atomic mass is 10.1. The van der Waals surface area contributed by atoms with Gasteiger partial charge in [-0.1, -0.05) is 0 Å². The average molecular weight is 249 g/mol. The van der Waals surface area contributed by atoms with Crippen LogP contribution >= 0.6 is 0 Å². The largest absolute Gasteiger partial charge is 0.396 e. The van der Waals surface area contributed by atoms with Crippen LogP contribution in [-0.4, -0.2) is 40.8 Å². The highest BCUT2D eigenvalue weighted by Crippen LogP contribution is 2.27. The number of hydrogen-bond acceptors (Lipinski definition) is 6. The van der Waals surface area contributed by atoms with Crippen LogP contribution in [0.3, 0.4) is 0 Å². The molecule has 1 aliphatic carbocycles. The highest BCUT2D eigenvalue weighted by atomic mass is 16.3. The third-order valence-corrected chi connectivity index (χ3v) is 3.53. The topological polar surface area (TPSA) is 87.3 Å². The fourth-order valence-corrected chi connectivity index (χ4v) is 2.32. The van der Waals surface area contributed by atoms with E-state index in [2.05, 4.69) is 20.2 Å². The number of aliphatic hydroxyl groups excluding tert-OH is 1. The lowest BCUT2D eigenvalue weighted by Gasteiger charge is -2.18. The van der Waals surface area contributed by atoms with Crippen molar-refractivity contribution in [3.63, 3.8) is 0 Å². The van der Waals surface area contributed by atoms with E-state index in [0.717, 1.165) is 31.1 Å². The Bertz CT molecular complexity index is 434. The van der Waals surface area contributed by atoms with Gasteiger partial charge in [-0.3, -0.25) is 0 Å². The summed E-state index contributed by atoms with van der Waals surface area (Å²) in [6, 6.07) is 2.50. The fraction of sp³-hybridized carbons (Fsp3) is 0.667. The number of rotatable bonds is 4. The second kappa shape index (κ2) is 4.61. The number of nitrogens with one attached hydrogen (secondary N) is 1. The minimum Gasteiger partial charge on any atom is -0.396 e. The molecule has 1 aromatic rings. The van der Waals surface area contributed by atoms with E-state index < -0.39 is 0 Å². The van der Waals surface area contributed by atoms with Crippen molar-refractivity contribution in [3.8, 4) is 0 Å². The van der Waals surface area contributed by atoms with Gasteiger partial charge in [0.1, 0.15) is 11.6 Å². The third-order valence-electron chi connectivity index (χ3n) is 3.53. The van der Waals surface area contributed by atoms with Crippen LogP contribution in [0.1, 0.15) is 19.3 Å². The maximum absolute atomic E-state index is 9.17. The Morgan fingerprint density at radius 2 is 2.22 bits per heavy atom. The summed E-state index contributed by atoms with van der Waals surface area (Å²) in [4.78, 5) is 10.7. The van der Waals surface area contributed by atoms with E-state index in [0.29, 0.717) is 17.9 Å². The van der Waals surface area contributed by atoms with Gasteiger partial charge in [0, 0.05) is 37.7 Å². The maximum atomic E-state index is 9.17. The lowest BCUT2D eigenvalue weighted by Crippen LogP contribution is -2.22. The molecule has 2 aliphatic rings. The molecule has 2 fully saturated rings. The molecule has 1 aliphatic heterocycles. The first-order valence-electron chi connectivity index (χ1n) is 6.51. The normalized spacial score (nSPS) is 23.4. The monoisotopic (exact) mass is 249 g/mol. The first-order valence-corrected chi connectivity index (χ1v) is 6.51. The summed E-state index contributed by atoms with van der Waals surface area (Å²) in [6.45, 7) is 2.00. The number of aromatic nitrogens is 2. The van der Waals surface area contributed by atoms with Gasteiger partial charge in [0.25, 0.3) is 0 Å². The summed E-state index contributed by atoms with van der Waals surface area (Å²) in [5.74, 6) is 2.33. The molecule has 6 heteroatoms. The van der Waals surface area contributed by atoms with Gasteiger partial charge in [-0.15, -0.1) is 0 Å². The van der Waals surface area contributed by atoms with Crippen LogP contribution in [0.4, 0.5) is 17.6 Å². The van der Waals surface area contributed by atoms with Crippen LogP contribution in [0, 0.1) is 5.92 Å². The number of anilines is 3. The van der Waals surface area contributed by atoms with Crippen molar-refractivity contribution in [3.05, 3.63) is 6.07 Å². The average Bonchev–Trinajstić information content (AvgIpc) is 3.03. The van der Waals surface area contributed by atoms with Crippen LogP contribution in [0.2, 0.25) is 0 Å². The molecule has 0 aromatic carbocycles. The molecule has 0 radical (unpaired) electrons. The van der Waals surface area contributed by atoms with Crippen molar-refractivity contribution in [2.24, 2.45) is 5.92 Å². The standard InChI is InChI=1S/C12H19N5O/c13-12-15-10(14-9-1-2-9)5-11(16-12)17-4-3-8(6-17)7-18/h5,8-9,18H,1-4,6-7H2,(H3,13,14,15,16)/t8-/m0/s1. The molecule has 18 heavy (non-hydrogen) atoms. The lowest BCUT2D eigenvalue weighted by molar-refractivity contribution is 0.238. The number of nitrogens with two attached hydrogens (primary N) is 1. The summed E-state index contributed by atoms with van der Waals surface area (Å²) < 4.78 is 0. The second-order valence-corrected chi connectivity index (χ2v) is 5.17. The summed E-state index contributed by atoms with van der Waals surface area (Å²) in [7, 11) is 0. The summed E-state index contributed by atoms with van der Waals surface area (Å²) in [6.07, 6.45) is 3.41. The minimum absolute atomic E-state index is 0.240. The summed E-state index contributed by atoms with van der Waals surface area (Å²) >= 11 is 0. The van der Waals surface area contributed by atoms with Gasteiger partial charge >= 0.3 is 0 Å². The van der Waals surface area contributed by atoms with Crippen molar-refractivity contribution in [2.75, 3.05) is 35.6 Å². The maximum Gasteiger partial charge on any atom is 0.223 e. The van der Waals surface area contributed by atoms with Gasteiger partial charge in [-0.25, -0.2) is 0 Å². The highest BCUT2D eigenvalue weighted by molar-refractivity contribution is 5.53. The van der Waals surface area contributed by atoms with E-state index in [4.69, 9.17) is 5.73 Å². The number of aliphatic hydroxyl groups is 1. The van der Waals surface area contributed by atoms with E-state index in [1.165, 1.54) is 12.8 Å². The molecule has 4 N–H and O–H groups in total. The zero-order chi connectivity index (χ0) is 12.5. The van der Waals surface area contributed by atoms with Gasteiger partial charge in [0.15, 0.2) is 0 Å². The first-order chi connectivity index (χ1) is 8.74. The van der Waals surface area contributed by atoms with Crippen molar-refractivity contribution < 1.29 is 5.11 Å². The van der Waals surface area contributed by atoms with Gasteiger partial charge in [-0.2, -0.15) is 9.97 Å². The molecular formula is C12H19N5O. The Hall–Kier alpha value is -1.56. The van der Waals surface area contributed by atoms with Crippen LogP contribution in [0.5, 0.6) is 0 Å². The molecule has 3 rings (SSSR count). The minimum atomic E-state index is 0.240. The molecule has 98 valence electrons. The Kier molecular flexibility index (Phi) is 2.95. The van der Waals surface area contributed by atoms with Gasteiger partial charge in [0.05, 0.1) is 0 Å². The van der Waals surface area contributed by atoms with Crippen LogP contribution in [-0.2, 0) is 0 Å². The number of hydrogen-bond donors (Lipinski definition) is 3. The zero-order valence-electron chi connectivity index (χ0n) is 10.3. The second-order valence-electron chi connectivity index (χ2n) is 5.17. The van der Waals surface area contributed by atoms with Crippen molar-refractivity contribution in [2.45, 2.75) is 25.3 Å². The highest BCUT2D eigenvalue weighted by Gasteiger charge is 2.25. The molecule has 1 saturated heterocycles. The molecule has 1 saturated carbocycles. The third kappa shape index (κ3) is 2.48. The molecule has 6 nitrogen and oxygen atoms in total. The van der Waals surface area contributed by atoms with E-state index in [1.54, 1.807) is 0 Å². The summed E-state index contributed by atoms with van der Waals surface area (Å²) in [5.41, 5.74) is 5.75. The van der Waals surface area contributed by atoms with Crippen molar-refractivity contribution >= 4 is 17.6 Å². The molecule has 1 atom stereocenters. The van der Waals surface area contributed by atoms with Gasteiger partial charge in [-0.05, 0) is 19.3 Å². The molecule has 0 amide bonds. The Morgan fingerprint density at radius 1 is 1.39 bits per heavy atom. The Morgan fingerprint density at radius 3 is 2.89 bits per heavy atom. The SMILES string of the molecule is Nc1nc(NC2CC2)cc(N2CC[C@H](CO)C2)n1. The van der Waals surface area contributed by atoms with E-state index in [9.17, 15) is 5.11 Å². The van der Waals surface area contributed by atoms with Crippen molar-refractivity contribution in [1.82, 2.24) is 9.97 Å². The van der Waals surface area contributed by atoms with E-state index >= 15 is 0 Å². The predicted octanol–water partition coefficient (Wildman–Crippen LogP) is 0.452. The van der Waals surface area contributed by atoms with Gasteiger partial charge in [0.2, 0.25) is 5.95 Å². The molecular weight excluding hydrogens is 230 g/mol. The molecule has 1 aromatic heterocycles. The predicted molar refractivity (Wildman–Crippen MR) is 70.5 cm³/mol. The smallest absolute Gasteiger partial charge is 0.223 e. The van der Waals surface area contributed by atoms with Crippen LogP contribution in [0.15, 0.2) is 6.07 Å². The molecule has 2 heterocycles. The van der Waals surface area contributed by atoms with Gasteiger partial charge < -0.3 is 21.1 Å². The fourth-order valence-electron chi connectivity index (χ4n) is 2.32. The first kappa shape index (κ1) is 11.5. The number of nitrogen functional groups attached to an aromatic ring is 1. The zero-order valence-corrected chi connectivity index (χ0v) is 10.3. The van der Waals surface area contributed by atoms with Crippen LogP contribution < -0.4 is 16.0 Å². The van der Waals surface area contributed by atoms with Crippen LogP contribution in [0.25, 0.3) is 0 Å². The van der Waals surface area contributed by atoms with E-state index in [1.807, 2.05) is 6.07 Å². The number of nitrogens with zero attached hydrogens (tertiary/aromatic N) is 3. The molecule has 0 unspecified atom stereocenters. The van der Waals surface area contributed by atoms with Crippen molar-refractivity contribution in [1.29, 1.82) is 0 Å². The molecule has 0 bridgehead atoms.